The van der Waals surface area contributed by atoms with Crippen LogP contribution in [0.4, 0.5) is 8.78 Å². The highest BCUT2D eigenvalue weighted by molar-refractivity contribution is 5.92. The second-order valence-electron chi connectivity index (χ2n) is 10.8. The first-order valence-electron chi connectivity index (χ1n) is 12.4. The zero-order valence-electron chi connectivity index (χ0n) is 20.2. The number of fused-ring (bicyclic) bond motifs is 5. The number of rotatable bonds is 3. The van der Waals surface area contributed by atoms with Gasteiger partial charge in [0.05, 0.1) is 17.0 Å². The second-order valence-corrected chi connectivity index (χ2v) is 10.8. The summed E-state index contributed by atoms with van der Waals surface area (Å²) in [5, 5.41) is 15.2. The number of nitrogens with zero attached hydrogens (tertiary/aromatic N) is 4. The number of aromatic nitrogens is 4. The molecule has 3 atom stereocenters. The molecule has 0 unspecified atom stereocenters. The van der Waals surface area contributed by atoms with Gasteiger partial charge in [-0.05, 0) is 72.8 Å². The molecule has 1 amide bonds. The van der Waals surface area contributed by atoms with Crippen molar-refractivity contribution >= 4 is 5.91 Å². The Morgan fingerprint density at radius 1 is 1.11 bits per heavy atom. The monoisotopic (exact) mass is 491 g/mol. The average molecular weight is 492 g/mol. The number of amides is 1. The third-order valence-electron chi connectivity index (χ3n) is 8.99. The second kappa shape index (κ2) is 8.01. The van der Waals surface area contributed by atoms with Gasteiger partial charge in [-0.15, -0.1) is 0 Å². The Hall–Kier alpha value is -3.49. The zero-order chi connectivity index (χ0) is 25.2. The van der Waals surface area contributed by atoms with Gasteiger partial charge in [0.25, 0.3) is 11.5 Å². The predicted octanol–water partition coefficient (Wildman–Crippen LogP) is 4.21. The summed E-state index contributed by atoms with van der Waals surface area (Å²) in [6.07, 6.45) is 3.69. The van der Waals surface area contributed by atoms with Gasteiger partial charge in [-0.25, -0.2) is 13.9 Å². The van der Waals surface area contributed by atoms with Gasteiger partial charge >= 0.3 is 0 Å². The van der Waals surface area contributed by atoms with E-state index in [0.717, 1.165) is 36.9 Å². The van der Waals surface area contributed by atoms with Crippen LogP contribution >= 0.6 is 0 Å². The summed E-state index contributed by atoms with van der Waals surface area (Å²) in [5.74, 6) is -1.15. The lowest BCUT2D eigenvalue weighted by Gasteiger charge is -2.48. The fourth-order valence-corrected chi connectivity index (χ4v) is 7.33. The Morgan fingerprint density at radius 3 is 2.61 bits per heavy atom. The van der Waals surface area contributed by atoms with Gasteiger partial charge in [-0.2, -0.15) is 15.3 Å². The third kappa shape index (κ3) is 3.10. The molecule has 186 valence electrons. The van der Waals surface area contributed by atoms with Crippen molar-refractivity contribution in [2.45, 2.75) is 50.9 Å². The van der Waals surface area contributed by atoms with E-state index in [1.54, 1.807) is 0 Å². The number of aromatic amines is 1. The summed E-state index contributed by atoms with van der Waals surface area (Å²) in [4.78, 5) is 26.4. The Morgan fingerprint density at radius 2 is 1.89 bits per heavy atom. The average Bonchev–Trinajstić information content (AvgIpc) is 3.25. The maximum absolute atomic E-state index is 14.5. The van der Waals surface area contributed by atoms with E-state index in [9.17, 15) is 18.4 Å². The zero-order valence-corrected chi connectivity index (χ0v) is 20.2. The van der Waals surface area contributed by atoms with Crippen LogP contribution in [0.1, 0.15) is 67.2 Å². The summed E-state index contributed by atoms with van der Waals surface area (Å²) in [5.41, 5.74) is 1.43. The van der Waals surface area contributed by atoms with Crippen LogP contribution in [0, 0.1) is 23.0 Å². The minimum atomic E-state index is -0.654. The molecule has 36 heavy (non-hydrogen) atoms. The van der Waals surface area contributed by atoms with Gasteiger partial charge in [0.2, 0.25) is 0 Å². The van der Waals surface area contributed by atoms with E-state index in [1.807, 2.05) is 11.0 Å². The van der Waals surface area contributed by atoms with Gasteiger partial charge in [-0.3, -0.25) is 9.59 Å². The van der Waals surface area contributed by atoms with Crippen molar-refractivity contribution < 1.29 is 13.6 Å². The molecule has 3 heterocycles. The first-order chi connectivity index (χ1) is 17.2. The minimum absolute atomic E-state index is 0.148. The molecular formula is C27H27F2N5O2. The first-order valence-corrected chi connectivity index (χ1v) is 12.4. The quantitative estimate of drug-likeness (QED) is 0.593. The molecule has 3 aromatic rings. The van der Waals surface area contributed by atoms with Gasteiger partial charge in [0, 0.05) is 24.6 Å². The number of piperidine rings is 1. The molecule has 1 aromatic carbocycles. The summed E-state index contributed by atoms with van der Waals surface area (Å²) in [6.45, 7) is 5.68. The van der Waals surface area contributed by atoms with E-state index in [-0.39, 0.29) is 51.1 Å². The van der Waals surface area contributed by atoms with E-state index < -0.39 is 11.6 Å². The molecule has 0 radical (unpaired) electrons. The molecule has 9 heteroatoms. The third-order valence-corrected chi connectivity index (χ3v) is 8.99. The number of H-pyrrole nitrogens is 1. The summed E-state index contributed by atoms with van der Waals surface area (Å²) < 4.78 is 29.0. The molecule has 1 saturated carbocycles. The summed E-state index contributed by atoms with van der Waals surface area (Å²) in [6, 6.07) is 8.40. The van der Waals surface area contributed by atoms with Crippen LogP contribution in [0.15, 0.2) is 41.2 Å². The largest absolute Gasteiger partial charge is 0.337 e. The first kappa shape index (κ1) is 22.9. The van der Waals surface area contributed by atoms with Crippen LogP contribution < -0.4 is 5.56 Å². The SMILES string of the molecule is CC1(C)[C@H]2CC[C@]1([C@H]1CCCN(C(=O)c3ccc(=O)[nH]n3)C1)c1nnc(-c3c(F)cccc3F)cc12. The van der Waals surface area contributed by atoms with Gasteiger partial charge in [0.1, 0.15) is 17.3 Å². The maximum Gasteiger partial charge on any atom is 0.274 e. The Kier molecular flexibility index (Phi) is 5.10. The molecule has 0 spiro atoms. The van der Waals surface area contributed by atoms with Gasteiger partial charge in [-0.1, -0.05) is 19.9 Å². The van der Waals surface area contributed by atoms with Gasteiger partial charge in [0.15, 0.2) is 0 Å². The van der Waals surface area contributed by atoms with Crippen molar-refractivity contribution in [2.75, 3.05) is 13.1 Å². The van der Waals surface area contributed by atoms with Crippen molar-refractivity contribution in [3.63, 3.8) is 0 Å². The normalized spacial score (nSPS) is 26.2. The minimum Gasteiger partial charge on any atom is -0.337 e. The van der Waals surface area contributed by atoms with Crippen LogP contribution in [0.5, 0.6) is 0 Å². The molecule has 2 bridgehead atoms. The highest BCUT2D eigenvalue weighted by Gasteiger charge is 2.66. The predicted molar refractivity (Wildman–Crippen MR) is 128 cm³/mol. The van der Waals surface area contributed by atoms with E-state index in [0.29, 0.717) is 13.1 Å². The number of nitrogens with one attached hydrogen (secondary N) is 1. The fraction of sp³-hybridized carbons (Fsp3) is 0.444. The number of likely N-dealkylation sites (tertiary alicyclic amines) is 1. The lowest BCUT2D eigenvalue weighted by molar-refractivity contribution is 0.0418. The lowest BCUT2D eigenvalue weighted by atomic mass is 9.59. The van der Waals surface area contributed by atoms with E-state index >= 15 is 0 Å². The Balaban J connectivity index is 1.38. The molecule has 1 N–H and O–H groups in total. The molecule has 1 saturated heterocycles. The number of hydrogen-bond donors (Lipinski definition) is 1. The smallest absolute Gasteiger partial charge is 0.274 e. The Labute approximate surface area is 207 Å². The highest BCUT2D eigenvalue weighted by Crippen LogP contribution is 2.70. The fourth-order valence-electron chi connectivity index (χ4n) is 7.33. The number of carbonyl (C=O) groups is 1. The van der Waals surface area contributed by atoms with Crippen molar-refractivity contribution in [1.29, 1.82) is 0 Å². The molecule has 3 aliphatic rings. The van der Waals surface area contributed by atoms with Gasteiger partial charge < -0.3 is 4.90 Å². The Bertz CT molecular complexity index is 1400. The molecular weight excluding hydrogens is 464 g/mol. The number of halogens is 2. The van der Waals surface area contributed by atoms with Crippen LogP contribution in [0.25, 0.3) is 11.3 Å². The maximum atomic E-state index is 14.5. The van der Waals surface area contributed by atoms with Crippen molar-refractivity contribution in [3.8, 4) is 11.3 Å². The molecule has 2 aromatic heterocycles. The van der Waals surface area contributed by atoms with E-state index in [4.69, 9.17) is 0 Å². The summed E-state index contributed by atoms with van der Waals surface area (Å²) >= 11 is 0. The molecule has 1 aliphatic heterocycles. The van der Waals surface area contributed by atoms with E-state index in [2.05, 4.69) is 34.2 Å². The van der Waals surface area contributed by atoms with Crippen LogP contribution in [0.3, 0.4) is 0 Å². The van der Waals surface area contributed by atoms with E-state index in [1.165, 1.54) is 30.3 Å². The van der Waals surface area contributed by atoms with Crippen molar-refractivity contribution in [2.24, 2.45) is 11.3 Å². The van der Waals surface area contributed by atoms with Crippen molar-refractivity contribution in [1.82, 2.24) is 25.3 Å². The van der Waals surface area contributed by atoms with Crippen molar-refractivity contribution in [3.05, 3.63) is 75.3 Å². The molecule has 2 fully saturated rings. The molecule has 6 rings (SSSR count). The highest BCUT2D eigenvalue weighted by atomic mass is 19.1. The topological polar surface area (TPSA) is 91.8 Å². The number of hydrogen-bond acceptors (Lipinski definition) is 5. The summed E-state index contributed by atoms with van der Waals surface area (Å²) in [7, 11) is 0. The van der Waals surface area contributed by atoms with Crippen LogP contribution in [0.2, 0.25) is 0 Å². The van der Waals surface area contributed by atoms with Crippen LogP contribution in [-0.4, -0.2) is 44.3 Å². The molecule has 7 nitrogen and oxygen atoms in total. The lowest BCUT2D eigenvalue weighted by Crippen LogP contribution is -2.51. The molecule has 2 aliphatic carbocycles. The van der Waals surface area contributed by atoms with Crippen LogP contribution in [-0.2, 0) is 5.41 Å². The number of benzene rings is 1. The standard InChI is InChI=1S/C27H27F2N5O2/c1-26(2)17-10-11-27(26,15-5-4-12-34(14-15)25(36)20-8-9-22(35)32-30-20)24-16(17)13-21(31-33-24)23-18(28)6-3-7-19(23)29/h3,6-9,13,15,17H,4-5,10-12,14H2,1-2H3,(H,32,35)/t15-,17-,27-/m0/s1. The number of carbonyl (C=O) groups excluding carboxylic acids is 1.